The highest BCUT2D eigenvalue weighted by atomic mass is 16.7. The quantitative estimate of drug-likeness (QED) is 0.346. The zero-order chi connectivity index (χ0) is 9.23. The molecule has 0 aromatic carbocycles. The normalized spacial score (nSPS) is 10.8. The Hall–Kier alpha value is -0.850. The third-order valence-corrected chi connectivity index (χ3v) is 1.53. The van der Waals surface area contributed by atoms with Gasteiger partial charge in [0, 0.05) is 20.3 Å². The molecule has 0 bridgehead atoms. The number of hydrogen-bond donors (Lipinski definition) is 0. The maximum Gasteiger partial charge on any atom is 0.156 e. The van der Waals surface area contributed by atoms with Crippen molar-refractivity contribution >= 4 is 0 Å². The molecule has 12 heavy (non-hydrogen) atoms. The number of methoxy groups -OCH3 is 2. The third kappa shape index (κ3) is 5.90. The number of nitriles is 1. The summed E-state index contributed by atoms with van der Waals surface area (Å²) < 4.78 is 9.99. The highest BCUT2D eigenvalue weighted by Gasteiger charge is 2.02. The van der Waals surface area contributed by atoms with Crippen molar-refractivity contribution in [3.05, 3.63) is 12.2 Å². The van der Waals surface area contributed by atoms with Gasteiger partial charge in [0.15, 0.2) is 6.29 Å². The molecule has 0 heterocycles. The zero-order valence-corrected chi connectivity index (χ0v) is 7.62. The highest BCUT2D eigenvalue weighted by molar-refractivity contribution is 5.01. The lowest BCUT2D eigenvalue weighted by atomic mass is 10.2. The van der Waals surface area contributed by atoms with Gasteiger partial charge in [-0.2, -0.15) is 5.26 Å². The zero-order valence-electron chi connectivity index (χ0n) is 7.62. The van der Waals surface area contributed by atoms with Crippen LogP contribution in [0.25, 0.3) is 0 Å². The summed E-state index contributed by atoms with van der Waals surface area (Å²) in [4.78, 5) is 0. The van der Waals surface area contributed by atoms with Crippen LogP contribution in [0.3, 0.4) is 0 Å². The molecule has 0 spiro atoms. The molecule has 0 aliphatic heterocycles. The first-order valence-corrected chi connectivity index (χ1v) is 3.95. The van der Waals surface area contributed by atoms with Gasteiger partial charge >= 0.3 is 0 Å². The number of nitrogens with zero attached hydrogens (tertiary/aromatic N) is 1. The van der Waals surface area contributed by atoms with Crippen LogP contribution in [0.15, 0.2) is 12.2 Å². The van der Waals surface area contributed by atoms with Crippen molar-refractivity contribution in [3.8, 4) is 6.07 Å². The van der Waals surface area contributed by atoms with Crippen molar-refractivity contribution in [2.75, 3.05) is 14.2 Å². The van der Waals surface area contributed by atoms with Crippen LogP contribution < -0.4 is 0 Å². The van der Waals surface area contributed by atoms with Crippen molar-refractivity contribution < 1.29 is 9.47 Å². The molecule has 0 unspecified atom stereocenters. The molecule has 0 aliphatic rings. The van der Waals surface area contributed by atoms with E-state index in [9.17, 15) is 0 Å². The van der Waals surface area contributed by atoms with Crippen LogP contribution in [-0.4, -0.2) is 20.5 Å². The average molecular weight is 169 g/mol. The highest BCUT2D eigenvalue weighted by Crippen LogP contribution is 2.04. The molecule has 0 saturated carbocycles. The Labute approximate surface area is 73.6 Å². The van der Waals surface area contributed by atoms with Crippen LogP contribution in [-0.2, 0) is 9.47 Å². The number of unbranched alkanes of at least 4 members (excludes halogenated alkanes) is 1. The summed E-state index contributed by atoms with van der Waals surface area (Å²) in [5, 5.41) is 8.18. The van der Waals surface area contributed by atoms with E-state index in [-0.39, 0.29) is 6.29 Å². The van der Waals surface area contributed by atoms with Crippen LogP contribution in [0.4, 0.5) is 0 Å². The molecule has 68 valence electrons. The SMILES string of the molecule is COC(CCC/C=C\C#N)OC. The molecule has 0 fully saturated rings. The van der Waals surface area contributed by atoms with E-state index in [4.69, 9.17) is 14.7 Å². The van der Waals surface area contributed by atoms with Crippen LogP contribution in [0.1, 0.15) is 19.3 Å². The first-order chi connectivity index (χ1) is 5.85. The largest absolute Gasteiger partial charge is 0.356 e. The molecule has 0 aromatic heterocycles. The number of allylic oxidation sites excluding steroid dienone is 2. The van der Waals surface area contributed by atoms with Crippen LogP contribution >= 0.6 is 0 Å². The van der Waals surface area contributed by atoms with E-state index in [2.05, 4.69) is 0 Å². The maximum absolute atomic E-state index is 8.18. The van der Waals surface area contributed by atoms with Crippen LogP contribution in [0.5, 0.6) is 0 Å². The van der Waals surface area contributed by atoms with E-state index >= 15 is 0 Å². The first-order valence-electron chi connectivity index (χ1n) is 3.95. The van der Waals surface area contributed by atoms with Gasteiger partial charge in [-0.25, -0.2) is 0 Å². The molecular formula is C9H15NO2. The van der Waals surface area contributed by atoms with E-state index in [1.807, 2.05) is 12.1 Å². The van der Waals surface area contributed by atoms with Gasteiger partial charge in [0.25, 0.3) is 0 Å². The summed E-state index contributed by atoms with van der Waals surface area (Å²) in [5.41, 5.74) is 0. The van der Waals surface area contributed by atoms with E-state index < -0.39 is 0 Å². The second kappa shape index (κ2) is 8.25. The second-order valence-corrected chi connectivity index (χ2v) is 2.36. The molecule has 0 amide bonds. The number of rotatable bonds is 6. The fraction of sp³-hybridized carbons (Fsp3) is 0.667. The topological polar surface area (TPSA) is 42.2 Å². The number of hydrogen-bond acceptors (Lipinski definition) is 3. The monoisotopic (exact) mass is 169 g/mol. The molecule has 0 atom stereocenters. The van der Waals surface area contributed by atoms with Crippen molar-refractivity contribution in [1.82, 2.24) is 0 Å². The Bertz CT molecular complexity index is 156. The minimum atomic E-state index is -0.111. The maximum atomic E-state index is 8.18. The average Bonchev–Trinajstić information content (AvgIpc) is 2.11. The predicted molar refractivity (Wildman–Crippen MR) is 46.4 cm³/mol. The predicted octanol–water partition coefficient (Wildman–Crippen LogP) is 1.86. The lowest BCUT2D eigenvalue weighted by Crippen LogP contribution is -2.12. The van der Waals surface area contributed by atoms with Crippen LogP contribution in [0.2, 0.25) is 0 Å². The summed E-state index contributed by atoms with van der Waals surface area (Å²) in [6.45, 7) is 0. The van der Waals surface area contributed by atoms with Gasteiger partial charge in [-0.15, -0.1) is 0 Å². The minimum Gasteiger partial charge on any atom is -0.356 e. The van der Waals surface area contributed by atoms with E-state index in [0.29, 0.717) is 0 Å². The second-order valence-electron chi connectivity index (χ2n) is 2.36. The Kier molecular flexibility index (Phi) is 7.66. The van der Waals surface area contributed by atoms with E-state index in [1.165, 1.54) is 6.08 Å². The Morgan fingerprint density at radius 3 is 2.58 bits per heavy atom. The van der Waals surface area contributed by atoms with Gasteiger partial charge in [0.05, 0.1) is 6.07 Å². The summed E-state index contributed by atoms with van der Waals surface area (Å²) >= 11 is 0. The van der Waals surface area contributed by atoms with Crippen molar-refractivity contribution in [2.24, 2.45) is 0 Å². The molecule has 0 saturated heterocycles. The summed E-state index contributed by atoms with van der Waals surface area (Å²) in [5.74, 6) is 0. The van der Waals surface area contributed by atoms with Crippen LogP contribution in [0, 0.1) is 11.3 Å². The van der Waals surface area contributed by atoms with E-state index in [0.717, 1.165) is 19.3 Å². The van der Waals surface area contributed by atoms with Gasteiger partial charge in [-0.05, 0) is 19.3 Å². The molecule has 0 rings (SSSR count). The minimum absolute atomic E-state index is 0.111. The van der Waals surface area contributed by atoms with Gasteiger partial charge in [0.2, 0.25) is 0 Å². The fourth-order valence-corrected chi connectivity index (χ4v) is 0.870. The molecular weight excluding hydrogens is 154 g/mol. The molecule has 0 radical (unpaired) electrons. The lowest BCUT2D eigenvalue weighted by Gasteiger charge is -2.11. The smallest absolute Gasteiger partial charge is 0.156 e. The summed E-state index contributed by atoms with van der Waals surface area (Å²) in [6.07, 6.45) is 5.97. The third-order valence-electron chi connectivity index (χ3n) is 1.53. The van der Waals surface area contributed by atoms with Crippen molar-refractivity contribution in [1.29, 1.82) is 5.26 Å². The standard InChI is InChI=1S/C9H15NO2/c1-11-9(12-2)7-5-3-4-6-8-10/h4,6,9H,3,5,7H2,1-2H3/b6-4-. The molecule has 0 aromatic rings. The van der Waals surface area contributed by atoms with Gasteiger partial charge < -0.3 is 9.47 Å². The van der Waals surface area contributed by atoms with Crippen molar-refractivity contribution in [2.45, 2.75) is 25.6 Å². The molecule has 0 N–H and O–H groups in total. The molecule has 3 heteroatoms. The summed E-state index contributed by atoms with van der Waals surface area (Å²) in [6, 6.07) is 1.94. The molecule has 0 aliphatic carbocycles. The van der Waals surface area contributed by atoms with Gasteiger partial charge in [0.1, 0.15) is 0 Å². The van der Waals surface area contributed by atoms with Crippen molar-refractivity contribution in [3.63, 3.8) is 0 Å². The Morgan fingerprint density at radius 1 is 1.42 bits per heavy atom. The van der Waals surface area contributed by atoms with Gasteiger partial charge in [-0.3, -0.25) is 0 Å². The van der Waals surface area contributed by atoms with E-state index in [1.54, 1.807) is 14.2 Å². The molecule has 3 nitrogen and oxygen atoms in total. The Morgan fingerprint density at radius 2 is 2.08 bits per heavy atom. The summed E-state index contributed by atoms with van der Waals surface area (Å²) in [7, 11) is 3.25. The van der Waals surface area contributed by atoms with Gasteiger partial charge in [-0.1, -0.05) is 6.08 Å². The Balaban J connectivity index is 3.30. The fourth-order valence-electron chi connectivity index (χ4n) is 0.870. The lowest BCUT2D eigenvalue weighted by molar-refractivity contribution is -0.106. The first kappa shape index (κ1) is 11.2. The number of ether oxygens (including phenoxy) is 2.